The van der Waals surface area contributed by atoms with Gasteiger partial charge in [-0.05, 0) is 82.9 Å². The fraction of sp³-hybridized carbons (Fsp3) is 0.469. The normalized spacial score (nSPS) is 13.8. The van der Waals surface area contributed by atoms with Crippen LogP contribution in [0, 0.1) is 16.7 Å². The number of nitriles is 1. The summed E-state index contributed by atoms with van der Waals surface area (Å²) < 4.78 is 16.7. The molecule has 0 spiro atoms. The Bertz CT molecular complexity index is 1480. The predicted molar refractivity (Wildman–Crippen MR) is 154 cm³/mol. The fourth-order valence-electron chi connectivity index (χ4n) is 4.87. The Morgan fingerprint density at radius 3 is 2.37 bits per heavy atom. The van der Waals surface area contributed by atoms with Crippen LogP contribution in [0.5, 0.6) is 5.75 Å². The number of esters is 1. The maximum atomic E-state index is 13.4. The Hall–Kier alpha value is -4.19. The third-order valence-electron chi connectivity index (χ3n) is 6.77. The van der Waals surface area contributed by atoms with Crippen LogP contribution in [0.25, 0.3) is 22.8 Å². The van der Waals surface area contributed by atoms with E-state index in [9.17, 15) is 14.9 Å². The van der Waals surface area contributed by atoms with Gasteiger partial charge in [0.1, 0.15) is 17.4 Å². The lowest BCUT2D eigenvalue weighted by Crippen LogP contribution is -2.43. The SMILES string of the molecule is CC(C)Oc1ccc(-c2nc(-c3ccc4c(c3)CCN(C(=O)C(C)(C)CC(=O)OC(C)(C)C)CC4)no2)cc1C#N. The van der Waals surface area contributed by atoms with Gasteiger partial charge < -0.3 is 18.9 Å². The molecule has 9 heteroatoms. The molecular weight excluding hydrogens is 520 g/mol. The summed E-state index contributed by atoms with van der Waals surface area (Å²) in [7, 11) is 0. The summed E-state index contributed by atoms with van der Waals surface area (Å²) in [5, 5.41) is 13.7. The lowest BCUT2D eigenvalue weighted by molar-refractivity contribution is -0.161. The average molecular weight is 559 g/mol. The molecule has 0 saturated carbocycles. The van der Waals surface area contributed by atoms with Gasteiger partial charge in [-0.2, -0.15) is 10.2 Å². The molecular formula is C32H38N4O5. The number of carbonyl (C=O) groups is 2. The van der Waals surface area contributed by atoms with E-state index in [1.807, 2.05) is 57.7 Å². The first-order chi connectivity index (χ1) is 19.3. The van der Waals surface area contributed by atoms with Gasteiger partial charge in [-0.25, -0.2) is 0 Å². The first-order valence-electron chi connectivity index (χ1n) is 13.9. The highest BCUT2D eigenvalue weighted by molar-refractivity contribution is 5.87. The van der Waals surface area contributed by atoms with Crippen LogP contribution < -0.4 is 4.74 Å². The van der Waals surface area contributed by atoms with Gasteiger partial charge in [-0.3, -0.25) is 9.59 Å². The summed E-state index contributed by atoms with van der Waals surface area (Å²) >= 11 is 0. The van der Waals surface area contributed by atoms with E-state index < -0.39 is 11.0 Å². The van der Waals surface area contributed by atoms with E-state index in [0.29, 0.717) is 54.5 Å². The number of hydrogen-bond acceptors (Lipinski definition) is 8. The van der Waals surface area contributed by atoms with Crippen LogP contribution >= 0.6 is 0 Å². The first-order valence-corrected chi connectivity index (χ1v) is 13.9. The van der Waals surface area contributed by atoms with E-state index in [1.54, 1.807) is 32.0 Å². The highest BCUT2D eigenvalue weighted by atomic mass is 16.6. The zero-order chi connectivity index (χ0) is 29.9. The molecule has 1 amide bonds. The molecule has 41 heavy (non-hydrogen) atoms. The monoisotopic (exact) mass is 558 g/mol. The van der Waals surface area contributed by atoms with E-state index >= 15 is 0 Å². The maximum absolute atomic E-state index is 13.4. The second-order valence-electron chi connectivity index (χ2n) is 12.3. The van der Waals surface area contributed by atoms with Crippen molar-refractivity contribution in [2.75, 3.05) is 13.1 Å². The van der Waals surface area contributed by atoms with Crippen molar-refractivity contribution in [3.05, 3.63) is 53.1 Å². The van der Waals surface area contributed by atoms with Crippen molar-refractivity contribution in [2.45, 2.75) is 79.4 Å². The Labute approximate surface area is 241 Å². The molecule has 0 unspecified atom stereocenters. The standard InChI is InChI=1S/C32H38N4O5/c1-20(2)39-26-11-10-24(17-25(26)19-33)29-34-28(35-41-29)23-9-8-21-12-14-36(15-13-22(21)16-23)30(38)32(6,7)18-27(37)40-31(3,4)5/h8-11,16-17,20H,12-15,18H2,1-7H3. The van der Waals surface area contributed by atoms with Crippen LogP contribution in [0.1, 0.15) is 71.6 Å². The van der Waals surface area contributed by atoms with E-state index in [2.05, 4.69) is 16.2 Å². The topological polar surface area (TPSA) is 119 Å². The fourth-order valence-corrected chi connectivity index (χ4v) is 4.87. The summed E-state index contributed by atoms with van der Waals surface area (Å²) in [5.74, 6) is 0.839. The van der Waals surface area contributed by atoms with Crippen LogP contribution in [0.4, 0.5) is 0 Å². The molecule has 0 bridgehead atoms. The zero-order valence-corrected chi connectivity index (χ0v) is 24.9. The minimum Gasteiger partial charge on any atom is -0.490 e. The zero-order valence-electron chi connectivity index (χ0n) is 24.9. The maximum Gasteiger partial charge on any atom is 0.307 e. The van der Waals surface area contributed by atoms with Gasteiger partial charge in [0.25, 0.3) is 5.89 Å². The highest BCUT2D eigenvalue weighted by Gasteiger charge is 2.36. The van der Waals surface area contributed by atoms with Gasteiger partial charge in [0, 0.05) is 24.2 Å². The van der Waals surface area contributed by atoms with E-state index in [1.165, 1.54) is 0 Å². The Morgan fingerprint density at radius 1 is 1.02 bits per heavy atom. The van der Waals surface area contributed by atoms with Crippen molar-refractivity contribution in [1.82, 2.24) is 15.0 Å². The number of hydrogen-bond donors (Lipinski definition) is 0. The van der Waals surface area contributed by atoms with Crippen molar-refractivity contribution in [1.29, 1.82) is 5.26 Å². The third-order valence-corrected chi connectivity index (χ3v) is 6.77. The molecule has 0 atom stereocenters. The molecule has 0 N–H and O–H groups in total. The van der Waals surface area contributed by atoms with Crippen molar-refractivity contribution in [3.63, 3.8) is 0 Å². The predicted octanol–water partition coefficient (Wildman–Crippen LogP) is 5.75. The van der Waals surface area contributed by atoms with E-state index in [4.69, 9.17) is 14.0 Å². The molecule has 0 fully saturated rings. The molecule has 0 saturated heterocycles. The van der Waals surface area contributed by atoms with Gasteiger partial charge in [0.2, 0.25) is 11.7 Å². The number of rotatable bonds is 7. The Kier molecular flexibility index (Phi) is 8.52. The molecule has 1 aliphatic rings. The summed E-state index contributed by atoms with van der Waals surface area (Å²) in [6, 6.07) is 13.4. The molecule has 4 rings (SSSR count). The molecule has 1 aromatic heterocycles. The van der Waals surface area contributed by atoms with Crippen molar-refractivity contribution >= 4 is 11.9 Å². The molecule has 0 radical (unpaired) electrons. The van der Waals surface area contributed by atoms with Crippen LogP contribution in [0.2, 0.25) is 0 Å². The smallest absolute Gasteiger partial charge is 0.307 e. The number of nitrogens with zero attached hydrogens (tertiary/aromatic N) is 4. The second kappa shape index (κ2) is 11.7. The number of ether oxygens (including phenoxy) is 2. The van der Waals surface area contributed by atoms with Crippen molar-refractivity contribution in [3.8, 4) is 34.7 Å². The molecule has 9 nitrogen and oxygen atoms in total. The van der Waals surface area contributed by atoms with Gasteiger partial charge in [0.15, 0.2) is 0 Å². The highest BCUT2D eigenvalue weighted by Crippen LogP contribution is 2.31. The third kappa shape index (κ3) is 7.31. The molecule has 2 aromatic carbocycles. The van der Waals surface area contributed by atoms with Gasteiger partial charge >= 0.3 is 5.97 Å². The average Bonchev–Trinajstić information content (AvgIpc) is 3.28. The van der Waals surface area contributed by atoms with Crippen LogP contribution in [-0.2, 0) is 27.2 Å². The van der Waals surface area contributed by atoms with Crippen LogP contribution in [0.15, 0.2) is 40.9 Å². The Balaban J connectivity index is 1.47. The minimum absolute atomic E-state index is 0.0280. The van der Waals surface area contributed by atoms with Crippen LogP contribution in [0.3, 0.4) is 0 Å². The summed E-state index contributed by atoms with van der Waals surface area (Å²) in [6.07, 6.45) is 1.36. The second-order valence-corrected chi connectivity index (χ2v) is 12.3. The summed E-state index contributed by atoms with van der Waals surface area (Å²) in [6.45, 7) is 14.0. The van der Waals surface area contributed by atoms with Gasteiger partial charge in [-0.15, -0.1) is 0 Å². The van der Waals surface area contributed by atoms with Crippen LogP contribution in [-0.4, -0.2) is 51.7 Å². The summed E-state index contributed by atoms with van der Waals surface area (Å²) in [5.41, 5.74) is 2.67. The van der Waals surface area contributed by atoms with E-state index in [0.717, 1.165) is 16.7 Å². The van der Waals surface area contributed by atoms with Gasteiger partial charge in [-0.1, -0.05) is 31.1 Å². The number of fused-ring (bicyclic) bond motifs is 1. The molecule has 3 aromatic rings. The van der Waals surface area contributed by atoms with E-state index in [-0.39, 0.29) is 24.4 Å². The van der Waals surface area contributed by atoms with Crippen molar-refractivity contribution in [2.24, 2.45) is 5.41 Å². The van der Waals surface area contributed by atoms with Gasteiger partial charge in [0.05, 0.1) is 23.5 Å². The molecule has 1 aliphatic heterocycles. The largest absolute Gasteiger partial charge is 0.490 e. The first kappa shape index (κ1) is 29.8. The quantitative estimate of drug-likeness (QED) is 0.337. The molecule has 2 heterocycles. The molecule has 216 valence electrons. The number of aromatic nitrogens is 2. The Morgan fingerprint density at radius 2 is 1.71 bits per heavy atom. The molecule has 0 aliphatic carbocycles. The number of amides is 1. The number of carbonyl (C=O) groups excluding carboxylic acids is 2. The lowest BCUT2D eigenvalue weighted by Gasteiger charge is -2.31. The number of benzene rings is 2. The minimum atomic E-state index is -0.865. The lowest BCUT2D eigenvalue weighted by atomic mass is 9.87. The van der Waals surface area contributed by atoms with Crippen molar-refractivity contribution < 1.29 is 23.6 Å². The summed E-state index contributed by atoms with van der Waals surface area (Å²) in [4.78, 5) is 32.3.